The van der Waals surface area contributed by atoms with Crippen molar-refractivity contribution in [3.05, 3.63) is 29.3 Å². The molecule has 1 N–H and O–H groups in total. The van der Waals surface area contributed by atoms with Crippen LogP contribution in [0.15, 0.2) is 18.2 Å². The van der Waals surface area contributed by atoms with Crippen molar-refractivity contribution in [2.45, 2.75) is 89.9 Å². The van der Waals surface area contributed by atoms with E-state index < -0.39 is 0 Å². The molecule has 2 saturated carbocycles. The van der Waals surface area contributed by atoms with Gasteiger partial charge in [-0.25, -0.2) is 0 Å². The third kappa shape index (κ3) is 3.49. The van der Waals surface area contributed by atoms with E-state index in [1.54, 1.807) is 5.56 Å². The molecule has 1 aromatic rings. The summed E-state index contributed by atoms with van der Waals surface area (Å²) < 4.78 is 0. The Hall–Kier alpha value is -0.980. The maximum Gasteiger partial charge on any atom is 0.115 e. The van der Waals surface area contributed by atoms with Gasteiger partial charge in [-0.05, 0) is 91.4 Å². The summed E-state index contributed by atoms with van der Waals surface area (Å²) in [6.07, 6.45) is 17.0. The number of phenols is 1. The molecule has 0 heterocycles. The van der Waals surface area contributed by atoms with Crippen LogP contribution in [0.5, 0.6) is 5.75 Å². The second-order valence-corrected chi connectivity index (χ2v) is 9.14. The van der Waals surface area contributed by atoms with Crippen LogP contribution in [0.25, 0.3) is 0 Å². The van der Waals surface area contributed by atoms with Crippen molar-refractivity contribution in [2.24, 2.45) is 23.7 Å². The van der Waals surface area contributed by atoms with Gasteiger partial charge in [0.25, 0.3) is 0 Å². The Balaban J connectivity index is 1.61. The number of rotatable bonds is 3. The number of fused-ring (bicyclic) bond motifs is 5. The van der Waals surface area contributed by atoms with Crippen LogP contribution in [-0.2, 0) is 6.42 Å². The van der Waals surface area contributed by atoms with Gasteiger partial charge in [0.15, 0.2) is 0 Å². The van der Waals surface area contributed by atoms with Crippen molar-refractivity contribution in [1.82, 2.24) is 0 Å². The van der Waals surface area contributed by atoms with Gasteiger partial charge >= 0.3 is 0 Å². The summed E-state index contributed by atoms with van der Waals surface area (Å²) >= 11 is 0. The standard InChI is InChI=1S/C24H36O/c1-2-3-7-17-10-13-23-20(17)8-5-4-6-9-22-21-15-12-19(25)16-18(21)11-14-24(22)23/h12,15-17,20,22-25H,2-11,13-14H2,1H3/t17-,20?,22?,23?,24?/m0/s1. The van der Waals surface area contributed by atoms with E-state index in [2.05, 4.69) is 13.0 Å². The van der Waals surface area contributed by atoms with E-state index in [0.717, 1.165) is 29.6 Å². The second-order valence-electron chi connectivity index (χ2n) is 9.14. The molecule has 1 heteroatoms. The van der Waals surface area contributed by atoms with Crippen molar-refractivity contribution < 1.29 is 5.11 Å². The molecule has 0 radical (unpaired) electrons. The SMILES string of the molecule is CCCC[C@H]1CCC2C3CCc4cc(O)ccc4C3CCCCCC21. The van der Waals surface area contributed by atoms with Gasteiger partial charge < -0.3 is 5.11 Å². The van der Waals surface area contributed by atoms with Gasteiger partial charge in [-0.15, -0.1) is 0 Å². The second kappa shape index (κ2) is 7.72. The number of aromatic hydroxyl groups is 1. The minimum Gasteiger partial charge on any atom is -0.508 e. The molecule has 5 atom stereocenters. The van der Waals surface area contributed by atoms with Gasteiger partial charge in [-0.1, -0.05) is 51.5 Å². The molecular weight excluding hydrogens is 304 g/mol. The predicted molar refractivity (Wildman–Crippen MR) is 105 cm³/mol. The summed E-state index contributed by atoms with van der Waals surface area (Å²) in [5.41, 5.74) is 3.03. The van der Waals surface area contributed by atoms with Gasteiger partial charge in [0.2, 0.25) is 0 Å². The minimum atomic E-state index is 0.457. The average molecular weight is 341 g/mol. The minimum absolute atomic E-state index is 0.457. The molecule has 0 saturated heterocycles. The van der Waals surface area contributed by atoms with Crippen molar-refractivity contribution in [1.29, 1.82) is 0 Å². The molecule has 0 aliphatic heterocycles. The van der Waals surface area contributed by atoms with E-state index in [-0.39, 0.29) is 0 Å². The predicted octanol–water partition coefficient (Wildman–Crippen LogP) is 6.83. The zero-order valence-corrected chi connectivity index (χ0v) is 16.1. The summed E-state index contributed by atoms with van der Waals surface area (Å²) in [5.74, 6) is 5.14. The Bertz CT molecular complexity index is 577. The molecule has 2 fully saturated rings. The fraction of sp³-hybridized carbons (Fsp3) is 0.750. The first-order chi connectivity index (χ1) is 12.3. The molecule has 0 amide bonds. The Morgan fingerprint density at radius 3 is 2.68 bits per heavy atom. The number of benzene rings is 1. The molecule has 0 bridgehead atoms. The highest BCUT2D eigenvalue weighted by molar-refractivity contribution is 5.39. The Labute approximate surface area is 154 Å². The van der Waals surface area contributed by atoms with Crippen LogP contribution in [0, 0.1) is 23.7 Å². The van der Waals surface area contributed by atoms with E-state index in [1.807, 2.05) is 12.1 Å². The third-order valence-electron chi connectivity index (χ3n) is 7.85. The topological polar surface area (TPSA) is 20.2 Å². The summed E-state index contributed by atoms with van der Waals surface area (Å²) in [7, 11) is 0. The molecule has 0 aromatic heterocycles. The smallest absolute Gasteiger partial charge is 0.115 e. The van der Waals surface area contributed by atoms with Crippen molar-refractivity contribution in [3.8, 4) is 5.75 Å². The van der Waals surface area contributed by atoms with Crippen molar-refractivity contribution >= 4 is 0 Å². The quantitative estimate of drug-likeness (QED) is 0.639. The highest BCUT2D eigenvalue weighted by atomic mass is 16.3. The van der Waals surface area contributed by atoms with E-state index >= 15 is 0 Å². The third-order valence-corrected chi connectivity index (χ3v) is 7.85. The molecule has 4 rings (SSSR count). The number of aryl methyl sites for hydroxylation is 1. The van der Waals surface area contributed by atoms with Crippen LogP contribution in [0.1, 0.15) is 94.6 Å². The zero-order chi connectivity index (χ0) is 17.2. The van der Waals surface area contributed by atoms with Gasteiger partial charge in [0.05, 0.1) is 0 Å². The highest BCUT2D eigenvalue weighted by Gasteiger charge is 2.44. The monoisotopic (exact) mass is 340 g/mol. The highest BCUT2D eigenvalue weighted by Crippen LogP contribution is 2.54. The first-order valence-corrected chi connectivity index (χ1v) is 11.1. The lowest BCUT2D eigenvalue weighted by atomic mass is 9.65. The lowest BCUT2D eigenvalue weighted by molar-refractivity contribution is 0.168. The normalized spacial score (nSPS) is 35.0. The van der Waals surface area contributed by atoms with E-state index in [9.17, 15) is 5.11 Å². The Morgan fingerprint density at radius 1 is 0.920 bits per heavy atom. The fourth-order valence-electron chi connectivity index (χ4n) is 6.72. The molecular formula is C24H36O. The Morgan fingerprint density at radius 2 is 1.80 bits per heavy atom. The van der Waals surface area contributed by atoms with E-state index in [0.29, 0.717) is 5.75 Å². The summed E-state index contributed by atoms with van der Waals surface area (Å²) in [4.78, 5) is 0. The van der Waals surface area contributed by atoms with Gasteiger partial charge in [0, 0.05) is 0 Å². The van der Waals surface area contributed by atoms with Crippen LogP contribution in [-0.4, -0.2) is 5.11 Å². The average Bonchev–Trinajstić information content (AvgIpc) is 3.04. The van der Waals surface area contributed by atoms with E-state index in [1.165, 1.54) is 82.6 Å². The summed E-state index contributed by atoms with van der Waals surface area (Å²) in [6, 6.07) is 6.25. The molecule has 25 heavy (non-hydrogen) atoms. The van der Waals surface area contributed by atoms with Crippen LogP contribution < -0.4 is 0 Å². The van der Waals surface area contributed by atoms with Gasteiger partial charge in [0.1, 0.15) is 5.75 Å². The van der Waals surface area contributed by atoms with Crippen LogP contribution in [0.2, 0.25) is 0 Å². The van der Waals surface area contributed by atoms with Crippen molar-refractivity contribution in [3.63, 3.8) is 0 Å². The van der Waals surface area contributed by atoms with Gasteiger partial charge in [-0.2, -0.15) is 0 Å². The maximum absolute atomic E-state index is 9.90. The van der Waals surface area contributed by atoms with Gasteiger partial charge in [-0.3, -0.25) is 0 Å². The fourth-order valence-corrected chi connectivity index (χ4v) is 6.72. The first-order valence-electron chi connectivity index (χ1n) is 11.1. The van der Waals surface area contributed by atoms with E-state index in [4.69, 9.17) is 0 Å². The summed E-state index contributed by atoms with van der Waals surface area (Å²) in [6.45, 7) is 2.35. The lowest BCUT2D eigenvalue weighted by Crippen LogP contribution is -2.30. The number of phenolic OH excluding ortho intramolecular Hbond substituents is 1. The van der Waals surface area contributed by atoms with Crippen LogP contribution in [0.3, 0.4) is 0 Å². The maximum atomic E-state index is 9.90. The molecule has 0 spiro atoms. The Kier molecular flexibility index (Phi) is 5.39. The zero-order valence-electron chi connectivity index (χ0n) is 16.1. The molecule has 138 valence electrons. The molecule has 1 aromatic carbocycles. The largest absolute Gasteiger partial charge is 0.508 e. The summed E-state index contributed by atoms with van der Waals surface area (Å²) in [5, 5.41) is 9.90. The van der Waals surface area contributed by atoms with Crippen LogP contribution in [0.4, 0.5) is 0 Å². The van der Waals surface area contributed by atoms with Crippen molar-refractivity contribution in [2.75, 3.05) is 0 Å². The molecule has 3 aliphatic rings. The number of hydrogen-bond acceptors (Lipinski definition) is 1. The number of hydrogen-bond donors (Lipinski definition) is 1. The first kappa shape index (κ1) is 17.4. The number of unbranched alkanes of at least 4 members (excludes halogenated alkanes) is 1. The van der Waals surface area contributed by atoms with Crippen LogP contribution >= 0.6 is 0 Å². The lowest BCUT2D eigenvalue weighted by Gasteiger charge is -2.40. The molecule has 1 nitrogen and oxygen atoms in total. The molecule has 4 unspecified atom stereocenters. The molecule has 3 aliphatic carbocycles.